The Morgan fingerprint density at radius 3 is 2.80 bits per heavy atom. The van der Waals surface area contributed by atoms with Gasteiger partial charge in [-0.3, -0.25) is 9.59 Å². The van der Waals surface area contributed by atoms with Gasteiger partial charge in [0.05, 0.1) is 5.69 Å². The van der Waals surface area contributed by atoms with Gasteiger partial charge in [-0.2, -0.15) is 0 Å². The van der Waals surface area contributed by atoms with E-state index in [0.29, 0.717) is 28.0 Å². The van der Waals surface area contributed by atoms with Crippen LogP contribution in [0.15, 0.2) is 28.8 Å². The fourth-order valence-electron chi connectivity index (χ4n) is 2.61. The highest BCUT2D eigenvalue weighted by Crippen LogP contribution is 2.39. The Balaban J connectivity index is 1.75. The van der Waals surface area contributed by atoms with Crippen molar-refractivity contribution in [3.05, 3.63) is 35.0 Å². The van der Waals surface area contributed by atoms with E-state index in [1.54, 1.807) is 45.0 Å². The van der Waals surface area contributed by atoms with Gasteiger partial charge in [0, 0.05) is 24.1 Å². The molecule has 0 spiro atoms. The van der Waals surface area contributed by atoms with Crippen molar-refractivity contribution in [2.45, 2.75) is 32.8 Å². The minimum atomic E-state index is -1.01. The van der Waals surface area contributed by atoms with Crippen LogP contribution in [0.4, 0.5) is 11.5 Å². The molecule has 2 heterocycles. The summed E-state index contributed by atoms with van der Waals surface area (Å²) in [5.74, 6) is 1.01. The predicted octanol–water partition coefficient (Wildman–Crippen LogP) is 3.17. The number of fused-ring (bicyclic) bond motifs is 1. The van der Waals surface area contributed by atoms with E-state index in [4.69, 9.17) is 20.9 Å². The molecule has 3 rings (SSSR count). The van der Waals surface area contributed by atoms with Crippen molar-refractivity contribution in [3.63, 3.8) is 0 Å². The number of nitrogens with zero attached hydrogens (tertiary/aromatic N) is 2. The Kier molecular flexibility index (Phi) is 4.43. The molecular weight excluding hydrogens is 346 g/mol. The van der Waals surface area contributed by atoms with Crippen molar-refractivity contribution < 1.29 is 18.8 Å². The van der Waals surface area contributed by atoms with Gasteiger partial charge in [-0.25, -0.2) is 0 Å². The zero-order chi connectivity index (χ0) is 18.2. The van der Waals surface area contributed by atoms with Crippen LogP contribution in [0.5, 0.6) is 5.75 Å². The minimum absolute atomic E-state index is 0.0969. The van der Waals surface area contributed by atoms with E-state index in [1.165, 1.54) is 4.90 Å². The lowest BCUT2D eigenvalue weighted by atomic mass is 10.0. The molecule has 2 amide bonds. The van der Waals surface area contributed by atoms with Crippen molar-refractivity contribution in [2.24, 2.45) is 0 Å². The SMILES string of the molecule is Cc1cc(NC(=O)CCN2C(=O)C(C)(C)Oc3ccc(Cl)cc32)no1. The van der Waals surface area contributed by atoms with E-state index in [9.17, 15) is 9.59 Å². The fourth-order valence-corrected chi connectivity index (χ4v) is 2.77. The molecule has 7 nitrogen and oxygen atoms in total. The molecule has 132 valence electrons. The Labute approximate surface area is 149 Å². The van der Waals surface area contributed by atoms with Gasteiger partial charge < -0.3 is 19.5 Å². The fraction of sp³-hybridized carbons (Fsp3) is 0.353. The van der Waals surface area contributed by atoms with Crippen molar-refractivity contribution in [1.29, 1.82) is 0 Å². The molecule has 1 aromatic heterocycles. The number of rotatable bonds is 4. The molecule has 0 aliphatic carbocycles. The minimum Gasteiger partial charge on any atom is -0.476 e. The van der Waals surface area contributed by atoms with Crippen molar-refractivity contribution in [1.82, 2.24) is 5.16 Å². The molecule has 1 aliphatic rings. The third-order valence-electron chi connectivity index (χ3n) is 3.80. The number of aryl methyl sites for hydroxylation is 1. The van der Waals surface area contributed by atoms with Crippen LogP contribution in [0.2, 0.25) is 5.02 Å². The van der Waals surface area contributed by atoms with Gasteiger partial charge in [-0.15, -0.1) is 0 Å². The summed E-state index contributed by atoms with van der Waals surface area (Å²) in [7, 11) is 0. The van der Waals surface area contributed by atoms with E-state index in [-0.39, 0.29) is 24.8 Å². The van der Waals surface area contributed by atoms with Crippen LogP contribution in [-0.4, -0.2) is 29.1 Å². The predicted molar refractivity (Wildman–Crippen MR) is 93.0 cm³/mol. The first kappa shape index (κ1) is 17.3. The smallest absolute Gasteiger partial charge is 0.270 e. The van der Waals surface area contributed by atoms with E-state index in [2.05, 4.69) is 10.5 Å². The van der Waals surface area contributed by atoms with Crippen molar-refractivity contribution in [2.75, 3.05) is 16.8 Å². The van der Waals surface area contributed by atoms with Gasteiger partial charge in [0.1, 0.15) is 11.5 Å². The molecule has 25 heavy (non-hydrogen) atoms. The first-order chi connectivity index (χ1) is 11.8. The average molecular weight is 364 g/mol. The molecule has 8 heteroatoms. The largest absolute Gasteiger partial charge is 0.476 e. The molecule has 0 saturated heterocycles. The van der Waals surface area contributed by atoms with Gasteiger partial charge in [-0.1, -0.05) is 16.8 Å². The number of ether oxygens (including phenoxy) is 1. The first-order valence-electron chi connectivity index (χ1n) is 7.80. The maximum atomic E-state index is 12.7. The van der Waals surface area contributed by atoms with Gasteiger partial charge in [0.25, 0.3) is 5.91 Å². The van der Waals surface area contributed by atoms with Gasteiger partial charge in [0.2, 0.25) is 5.91 Å². The number of aromatic nitrogens is 1. The summed E-state index contributed by atoms with van der Waals surface area (Å²) in [5.41, 5.74) is -0.456. The first-order valence-corrected chi connectivity index (χ1v) is 8.18. The van der Waals surface area contributed by atoms with E-state index in [0.717, 1.165) is 0 Å². The van der Waals surface area contributed by atoms with Gasteiger partial charge >= 0.3 is 0 Å². The second kappa shape index (κ2) is 6.40. The van der Waals surface area contributed by atoms with Gasteiger partial charge in [-0.05, 0) is 39.0 Å². The van der Waals surface area contributed by atoms with Crippen LogP contribution in [0.3, 0.4) is 0 Å². The summed E-state index contributed by atoms with van der Waals surface area (Å²) >= 11 is 6.04. The third kappa shape index (κ3) is 3.61. The molecule has 1 N–H and O–H groups in total. The second-order valence-electron chi connectivity index (χ2n) is 6.30. The Bertz CT molecular complexity index is 831. The molecule has 0 unspecified atom stereocenters. The van der Waals surface area contributed by atoms with E-state index >= 15 is 0 Å². The third-order valence-corrected chi connectivity index (χ3v) is 4.03. The Morgan fingerprint density at radius 2 is 2.12 bits per heavy atom. The lowest BCUT2D eigenvalue weighted by Gasteiger charge is -2.38. The molecule has 0 atom stereocenters. The average Bonchev–Trinajstić information content (AvgIpc) is 2.93. The number of anilines is 2. The van der Waals surface area contributed by atoms with Crippen LogP contribution >= 0.6 is 11.6 Å². The quantitative estimate of drug-likeness (QED) is 0.901. The van der Waals surface area contributed by atoms with Crippen molar-refractivity contribution in [3.8, 4) is 5.75 Å². The standard InChI is InChI=1S/C17H18ClN3O4/c1-10-8-14(20-25-10)19-15(22)6-7-21-12-9-11(18)4-5-13(12)24-17(2,3)16(21)23/h4-5,8-9H,6-7H2,1-3H3,(H,19,20,22). The lowest BCUT2D eigenvalue weighted by Crippen LogP contribution is -2.53. The highest BCUT2D eigenvalue weighted by Gasteiger charge is 2.40. The van der Waals surface area contributed by atoms with Crippen LogP contribution in [0.25, 0.3) is 0 Å². The van der Waals surface area contributed by atoms with Crippen LogP contribution < -0.4 is 15.0 Å². The Hall–Kier alpha value is -2.54. The zero-order valence-electron chi connectivity index (χ0n) is 14.1. The molecule has 0 fully saturated rings. The number of halogens is 1. The second-order valence-corrected chi connectivity index (χ2v) is 6.74. The molecule has 1 aromatic carbocycles. The zero-order valence-corrected chi connectivity index (χ0v) is 14.9. The molecule has 2 aromatic rings. The van der Waals surface area contributed by atoms with E-state index in [1.807, 2.05) is 0 Å². The molecule has 0 radical (unpaired) electrons. The monoisotopic (exact) mass is 363 g/mol. The van der Waals surface area contributed by atoms with Crippen LogP contribution in [0.1, 0.15) is 26.0 Å². The van der Waals surface area contributed by atoms with Gasteiger partial charge in [0.15, 0.2) is 11.4 Å². The van der Waals surface area contributed by atoms with Crippen LogP contribution in [-0.2, 0) is 9.59 Å². The number of carbonyl (C=O) groups excluding carboxylic acids is 2. The Morgan fingerprint density at radius 1 is 1.36 bits per heavy atom. The maximum absolute atomic E-state index is 12.7. The summed E-state index contributed by atoms with van der Waals surface area (Å²) in [6.07, 6.45) is 0.0969. The summed E-state index contributed by atoms with van der Waals surface area (Å²) < 4.78 is 10.7. The highest BCUT2D eigenvalue weighted by atomic mass is 35.5. The number of hydrogen-bond acceptors (Lipinski definition) is 5. The highest BCUT2D eigenvalue weighted by molar-refractivity contribution is 6.31. The summed E-state index contributed by atoms with van der Waals surface area (Å²) in [4.78, 5) is 26.3. The summed E-state index contributed by atoms with van der Waals surface area (Å²) in [5, 5.41) is 6.83. The number of benzene rings is 1. The normalized spacial score (nSPS) is 15.5. The molecular formula is C17H18ClN3O4. The van der Waals surface area contributed by atoms with Crippen LogP contribution in [0, 0.1) is 6.92 Å². The topological polar surface area (TPSA) is 84.7 Å². The lowest BCUT2D eigenvalue weighted by molar-refractivity contribution is -0.132. The number of amides is 2. The number of nitrogens with one attached hydrogen (secondary N) is 1. The maximum Gasteiger partial charge on any atom is 0.270 e. The molecule has 1 aliphatic heterocycles. The molecule has 0 saturated carbocycles. The van der Waals surface area contributed by atoms with Crippen molar-refractivity contribution >= 4 is 34.9 Å². The number of hydrogen-bond donors (Lipinski definition) is 1. The van der Waals surface area contributed by atoms with E-state index < -0.39 is 5.60 Å². The summed E-state index contributed by atoms with van der Waals surface area (Å²) in [6.45, 7) is 5.32. The molecule has 0 bridgehead atoms. The summed E-state index contributed by atoms with van der Waals surface area (Å²) in [6, 6.07) is 6.69. The number of carbonyl (C=O) groups is 2.